The molecule has 0 saturated carbocycles. The third kappa shape index (κ3) is 4.71. The molecule has 0 unspecified atom stereocenters. The fourth-order valence-electron chi connectivity index (χ4n) is 2.07. The molecule has 0 saturated heterocycles. The summed E-state index contributed by atoms with van der Waals surface area (Å²) in [5, 5.41) is 3.82. The topological polar surface area (TPSA) is 55.4 Å². The van der Waals surface area contributed by atoms with Crippen molar-refractivity contribution in [1.82, 2.24) is 0 Å². The molecule has 0 heterocycles. The molecule has 23 heavy (non-hydrogen) atoms. The lowest BCUT2D eigenvalue weighted by Gasteiger charge is -2.08. The van der Waals surface area contributed by atoms with E-state index in [9.17, 15) is 9.59 Å². The molecular weight excluding hydrogens is 337 g/mol. The van der Waals surface area contributed by atoms with Gasteiger partial charge in [0, 0.05) is 22.2 Å². The number of esters is 1. The highest BCUT2D eigenvalue weighted by molar-refractivity contribution is 6.36. The lowest BCUT2D eigenvalue weighted by molar-refractivity contribution is -0.116. The number of anilines is 1. The van der Waals surface area contributed by atoms with Crippen molar-refractivity contribution in [3.05, 3.63) is 63.6 Å². The number of carbonyl (C=O) groups excluding carboxylic acids is 2. The predicted octanol–water partition coefficient (Wildman–Crippen LogP) is 4.35. The smallest absolute Gasteiger partial charge is 0.337 e. The van der Waals surface area contributed by atoms with Crippen LogP contribution in [0.25, 0.3) is 0 Å². The van der Waals surface area contributed by atoms with Gasteiger partial charge in [0.25, 0.3) is 0 Å². The third-order valence-electron chi connectivity index (χ3n) is 3.23. The molecule has 2 aromatic carbocycles. The van der Waals surface area contributed by atoms with Crippen molar-refractivity contribution in [3.63, 3.8) is 0 Å². The number of rotatable bonds is 5. The minimum Gasteiger partial charge on any atom is -0.465 e. The fourth-order valence-corrected chi connectivity index (χ4v) is 2.66. The number of hydrogen-bond donors (Lipinski definition) is 1. The number of benzene rings is 2. The van der Waals surface area contributed by atoms with Gasteiger partial charge in [-0.05, 0) is 42.3 Å². The maximum Gasteiger partial charge on any atom is 0.337 e. The van der Waals surface area contributed by atoms with Gasteiger partial charge in [0.1, 0.15) is 0 Å². The Morgan fingerprint density at radius 1 is 1.09 bits per heavy atom. The first-order chi connectivity index (χ1) is 11.0. The predicted molar refractivity (Wildman–Crippen MR) is 91.2 cm³/mol. The molecule has 0 aliphatic carbocycles. The van der Waals surface area contributed by atoms with Crippen LogP contribution in [-0.2, 0) is 16.0 Å². The normalized spacial score (nSPS) is 10.2. The van der Waals surface area contributed by atoms with Crippen LogP contribution in [0.5, 0.6) is 0 Å². The van der Waals surface area contributed by atoms with Gasteiger partial charge in [0.2, 0.25) is 5.91 Å². The van der Waals surface area contributed by atoms with Crippen LogP contribution in [0.4, 0.5) is 5.69 Å². The van der Waals surface area contributed by atoms with Gasteiger partial charge in [-0.1, -0.05) is 35.3 Å². The van der Waals surface area contributed by atoms with E-state index in [0.717, 1.165) is 5.56 Å². The number of carbonyl (C=O) groups is 2. The summed E-state index contributed by atoms with van der Waals surface area (Å²) in [4.78, 5) is 23.5. The zero-order valence-corrected chi connectivity index (χ0v) is 13.9. The molecule has 2 aromatic rings. The van der Waals surface area contributed by atoms with Crippen molar-refractivity contribution >= 4 is 40.8 Å². The number of halogens is 2. The van der Waals surface area contributed by atoms with E-state index in [1.54, 1.807) is 42.5 Å². The van der Waals surface area contributed by atoms with Crippen LogP contribution >= 0.6 is 23.2 Å². The first-order valence-electron chi connectivity index (χ1n) is 6.92. The first kappa shape index (κ1) is 17.3. The first-order valence-corrected chi connectivity index (χ1v) is 7.68. The fraction of sp³-hybridized carbons (Fsp3) is 0.176. The summed E-state index contributed by atoms with van der Waals surface area (Å²) in [7, 11) is 1.31. The molecule has 120 valence electrons. The van der Waals surface area contributed by atoms with Crippen molar-refractivity contribution in [1.29, 1.82) is 0 Å². The van der Waals surface area contributed by atoms with Gasteiger partial charge in [-0.2, -0.15) is 0 Å². The Morgan fingerprint density at radius 3 is 2.39 bits per heavy atom. The van der Waals surface area contributed by atoms with E-state index >= 15 is 0 Å². The van der Waals surface area contributed by atoms with Gasteiger partial charge in [0.15, 0.2) is 0 Å². The van der Waals surface area contributed by atoms with Crippen LogP contribution in [0, 0.1) is 0 Å². The molecular formula is C17H15Cl2NO3. The van der Waals surface area contributed by atoms with Gasteiger partial charge in [-0.25, -0.2) is 4.79 Å². The van der Waals surface area contributed by atoms with Gasteiger partial charge in [-0.3, -0.25) is 4.79 Å². The van der Waals surface area contributed by atoms with Crippen molar-refractivity contribution < 1.29 is 14.3 Å². The summed E-state index contributed by atoms with van der Waals surface area (Å²) < 4.78 is 4.65. The highest BCUT2D eigenvalue weighted by Crippen LogP contribution is 2.25. The molecule has 0 aromatic heterocycles. The number of ether oxygens (including phenoxy) is 1. The van der Waals surface area contributed by atoms with Gasteiger partial charge >= 0.3 is 5.97 Å². The average molecular weight is 352 g/mol. The zero-order valence-electron chi connectivity index (χ0n) is 12.4. The lowest BCUT2D eigenvalue weighted by Crippen LogP contribution is -2.13. The molecule has 0 aliphatic rings. The second-order valence-electron chi connectivity index (χ2n) is 4.82. The Bertz CT molecular complexity index is 711. The zero-order chi connectivity index (χ0) is 16.8. The highest BCUT2D eigenvalue weighted by atomic mass is 35.5. The van der Waals surface area contributed by atoms with Crippen molar-refractivity contribution in [2.75, 3.05) is 12.4 Å². The molecule has 0 aliphatic heterocycles. The molecule has 1 N–H and O–H groups in total. The Labute approximate surface area is 144 Å². The summed E-state index contributed by atoms with van der Waals surface area (Å²) >= 11 is 12.2. The molecule has 0 bridgehead atoms. The van der Waals surface area contributed by atoms with Gasteiger partial charge in [0.05, 0.1) is 12.7 Å². The maximum atomic E-state index is 12.0. The van der Waals surface area contributed by atoms with Crippen molar-refractivity contribution in [2.24, 2.45) is 0 Å². The molecule has 4 nitrogen and oxygen atoms in total. The summed E-state index contributed by atoms with van der Waals surface area (Å²) in [6, 6.07) is 11.8. The van der Waals surface area contributed by atoms with Crippen molar-refractivity contribution in [3.8, 4) is 0 Å². The number of hydrogen-bond acceptors (Lipinski definition) is 3. The summed E-state index contributed by atoms with van der Waals surface area (Å²) in [5.41, 5.74) is 1.65. The molecule has 0 atom stereocenters. The quantitative estimate of drug-likeness (QED) is 0.814. The molecule has 0 fully saturated rings. The Morgan fingerprint density at radius 2 is 1.74 bits per heavy atom. The molecule has 0 spiro atoms. The minimum atomic E-state index is -0.455. The Kier molecular flexibility index (Phi) is 6.02. The third-order valence-corrected chi connectivity index (χ3v) is 3.94. The maximum absolute atomic E-state index is 12.0. The number of amides is 1. The van der Waals surface area contributed by atoms with Crippen LogP contribution in [0.15, 0.2) is 42.5 Å². The van der Waals surface area contributed by atoms with E-state index < -0.39 is 5.97 Å². The molecule has 6 heteroatoms. The van der Waals surface area contributed by atoms with Crippen molar-refractivity contribution in [2.45, 2.75) is 12.8 Å². The van der Waals surface area contributed by atoms with E-state index in [1.165, 1.54) is 7.11 Å². The standard InChI is InChI=1S/C17H15Cl2NO3/c1-23-17(22)11-4-2-5-12(10-11)20-16(21)9-8-13-14(18)6-3-7-15(13)19/h2-7,10H,8-9H2,1H3,(H,20,21). The number of nitrogens with one attached hydrogen (secondary N) is 1. The Balaban J connectivity index is 1.99. The van der Waals surface area contributed by atoms with Crippen LogP contribution in [0.3, 0.4) is 0 Å². The molecule has 1 amide bonds. The second-order valence-corrected chi connectivity index (χ2v) is 5.64. The van der Waals surface area contributed by atoms with E-state index in [4.69, 9.17) is 23.2 Å². The van der Waals surface area contributed by atoms with E-state index in [2.05, 4.69) is 10.1 Å². The average Bonchev–Trinajstić information content (AvgIpc) is 2.54. The second kappa shape index (κ2) is 7.99. The van der Waals surface area contributed by atoms with Gasteiger partial charge in [-0.15, -0.1) is 0 Å². The van der Waals surface area contributed by atoms with Crippen LogP contribution < -0.4 is 5.32 Å². The van der Waals surface area contributed by atoms with E-state index in [1.807, 2.05) is 0 Å². The lowest BCUT2D eigenvalue weighted by atomic mass is 10.1. The summed E-state index contributed by atoms with van der Waals surface area (Å²) in [5.74, 6) is -0.646. The highest BCUT2D eigenvalue weighted by Gasteiger charge is 2.10. The Hall–Kier alpha value is -2.04. The molecule has 2 rings (SSSR count). The van der Waals surface area contributed by atoms with E-state index in [0.29, 0.717) is 27.7 Å². The van der Waals surface area contributed by atoms with Crippen LogP contribution in [0.2, 0.25) is 10.0 Å². The number of methoxy groups -OCH3 is 1. The largest absolute Gasteiger partial charge is 0.465 e. The molecule has 0 radical (unpaired) electrons. The minimum absolute atomic E-state index is 0.192. The summed E-state index contributed by atoms with van der Waals surface area (Å²) in [6.07, 6.45) is 0.660. The SMILES string of the molecule is COC(=O)c1cccc(NC(=O)CCc2c(Cl)cccc2Cl)c1. The van der Waals surface area contributed by atoms with Crippen LogP contribution in [0.1, 0.15) is 22.3 Å². The van der Waals surface area contributed by atoms with Gasteiger partial charge < -0.3 is 10.1 Å². The summed E-state index contributed by atoms with van der Waals surface area (Å²) in [6.45, 7) is 0. The van der Waals surface area contributed by atoms with Crippen LogP contribution in [-0.4, -0.2) is 19.0 Å². The van der Waals surface area contributed by atoms with E-state index in [-0.39, 0.29) is 12.3 Å². The monoisotopic (exact) mass is 351 g/mol.